The first-order valence-electron chi connectivity index (χ1n) is 5.50. The smallest absolute Gasteiger partial charge is 0.203 e. The molecule has 1 aromatic rings. The monoisotopic (exact) mass is 238 g/mol. The topological polar surface area (TPSA) is 44.8 Å². The van der Waals surface area contributed by atoms with Crippen LogP contribution in [0.1, 0.15) is 18.4 Å². The molecule has 1 rings (SSSR count). The predicted molar refractivity (Wildman–Crippen MR) is 65.1 cm³/mol. The van der Waals surface area contributed by atoms with Crippen LogP contribution < -0.4 is 14.2 Å². The summed E-state index contributed by atoms with van der Waals surface area (Å²) >= 11 is 0. The Balaban J connectivity index is 3.00. The molecule has 0 fully saturated rings. The zero-order valence-corrected chi connectivity index (χ0v) is 10.5. The van der Waals surface area contributed by atoms with Crippen molar-refractivity contribution in [1.29, 1.82) is 0 Å². The lowest BCUT2D eigenvalue weighted by atomic mass is 10.1. The molecule has 0 heterocycles. The van der Waals surface area contributed by atoms with E-state index in [0.717, 1.165) is 24.7 Å². The number of unbranched alkanes of at least 4 members (excludes halogenated alkanes) is 1. The third-order valence-corrected chi connectivity index (χ3v) is 2.55. The van der Waals surface area contributed by atoms with Gasteiger partial charge >= 0.3 is 0 Å². The number of rotatable bonds is 7. The molecule has 4 nitrogen and oxygen atoms in total. The molecule has 1 aromatic carbocycles. The maximum Gasteiger partial charge on any atom is 0.203 e. The zero-order valence-electron chi connectivity index (χ0n) is 10.5. The molecule has 4 heteroatoms. The first-order valence-corrected chi connectivity index (χ1v) is 5.50. The number of benzene rings is 1. The molecule has 0 radical (unpaired) electrons. The van der Waals surface area contributed by atoms with Crippen LogP contribution in [-0.4, -0.2) is 27.6 Å². The number of ether oxygens (including phenoxy) is 3. The number of aryl methyl sites for hydroxylation is 1. The van der Waals surface area contributed by atoms with Crippen molar-refractivity contribution in [2.45, 2.75) is 19.3 Å². The van der Waals surface area contributed by atoms with Crippen LogP contribution in [-0.2, 0) is 11.2 Å². The van der Waals surface area contributed by atoms with E-state index in [1.54, 1.807) is 21.3 Å². The van der Waals surface area contributed by atoms with Crippen LogP contribution in [0.25, 0.3) is 0 Å². The molecule has 0 aliphatic heterocycles. The Morgan fingerprint density at radius 1 is 1.06 bits per heavy atom. The summed E-state index contributed by atoms with van der Waals surface area (Å²) < 4.78 is 15.8. The van der Waals surface area contributed by atoms with E-state index in [2.05, 4.69) is 0 Å². The quantitative estimate of drug-likeness (QED) is 0.540. The summed E-state index contributed by atoms with van der Waals surface area (Å²) in [4.78, 5) is 10.3. The van der Waals surface area contributed by atoms with Crippen LogP contribution in [0.5, 0.6) is 17.2 Å². The molecule has 0 unspecified atom stereocenters. The maximum absolute atomic E-state index is 10.3. The third-order valence-electron chi connectivity index (χ3n) is 2.55. The highest BCUT2D eigenvalue weighted by Gasteiger charge is 2.15. The summed E-state index contributed by atoms with van der Waals surface area (Å²) in [5, 5.41) is 0. The van der Waals surface area contributed by atoms with E-state index >= 15 is 0 Å². The number of hydrogen-bond acceptors (Lipinski definition) is 4. The van der Waals surface area contributed by atoms with Crippen LogP contribution in [0.3, 0.4) is 0 Å². The van der Waals surface area contributed by atoms with Gasteiger partial charge in [0.05, 0.1) is 21.3 Å². The minimum atomic E-state index is 0.553. The molecule has 0 spiro atoms. The Hall–Kier alpha value is -1.71. The number of carbonyl (C=O) groups is 1. The van der Waals surface area contributed by atoms with Crippen LogP contribution in [0.2, 0.25) is 0 Å². The number of hydrogen-bond donors (Lipinski definition) is 0. The number of aldehydes is 1. The Bertz CT molecular complexity index is 374. The summed E-state index contributed by atoms with van der Waals surface area (Å²) in [6.45, 7) is 0. The van der Waals surface area contributed by atoms with E-state index in [1.807, 2.05) is 12.1 Å². The van der Waals surface area contributed by atoms with Crippen molar-refractivity contribution in [3.63, 3.8) is 0 Å². The molecule has 0 bridgehead atoms. The van der Waals surface area contributed by atoms with Gasteiger partial charge in [0.15, 0.2) is 11.5 Å². The summed E-state index contributed by atoms with van der Waals surface area (Å²) in [6.07, 6.45) is 3.06. The molecular weight excluding hydrogens is 220 g/mol. The van der Waals surface area contributed by atoms with E-state index in [4.69, 9.17) is 14.2 Å². The van der Waals surface area contributed by atoms with Gasteiger partial charge in [-0.2, -0.15) is 0 Å². The second kappa shape index (κ2) is 6.78. The standard InChI is InChI=1S/C13H18O4/c1-15-11-8-7-10(6-4-5-9-14)12(16-2)13(11)17-3/h7-9H,4-6H2,1-3H3. The van der Waals surface area contributed by atoms with Gasteiger partial charge in [-0.3, -0.25) is 0 Å². The van der Waals surface area contributed by atoms with Crippen LogP contribution in [0.4, 0.5) is 0 Å². The van der Waals surface area contributed by atoms with Gasteiger partial charge in [-0.1, -0.05) is 6.07 Å². The fraction of sp³-hybridized carbons (Fsp3) is 0.462. The average molecular weight is 238 g/mol. The first-order chi connectivity index (χ1) is 8.28. The van der Waals surface area contributed by atoms with E-state index in [-0.39, 0.29) is 0 Å². The summed E-state index contributed by atoms with van der Waals surface area (Å²) in [7, 11) is 4.76. The minimum absolute atomic E-state index is 0.553. The summed E-state index contributed by atoms with van der Waals surface area (Å²) in [5.74, 6) is 1.92. The van der Waals surface area contributed by atoms with Crippen LogP contribution in [0.15, 0.2) is 12.1 Å². The van der Waals surface area contributed by atoms with Gasteiger partial charge in [-0.15, -0.1) is 0 Å². The van der Waals surface area contributed by atoms with Crippen molar-refractivity contribution >= 4 is 6.29 Å². The largest absolute Gasteiger partial charge is 0.493 e. The van der Waals surface area contributed by atoms with Crippen molar-refractivity contribution in [2.24, 2.45) is 0 Å². The number of methoxy groups -OCH3 is 3. The zero-order chi connectivity index (χ0) is 12.7. The van der Waals surface area contributed by atoms with Gasteiger partial charge < -0.3 is 19.0 Å². The molecule has 0 aromatic heterocycles. The Kier molecular flexibility index (Phi) is 5.33. The van der Waals surface area contributed by atoms with Gasteiger partial charge in [0.25, 0.3) is 0 Å². The Morgan fingerprint density at radius 2 is 1.76 bits per heavy atom. The Morgan fingerprint density at radius 3 is 2.29 bits per heavy atom. The van der Waals surface area contributed by atoms with Gasteiger partial charge in [0.1, 0.15) is 6.29 Å². The second-order valence-electron chi connectivity index (χ2n) is 3.55. The van der Waals surface area contributed by atoms with Crippen molar-refractivity contribution in [2.75, 3.05) is 21.3 Å². The summed E-state index contributed by atoms with van der Waals surface area (Å²) in [5.41, 5.74) is 1.02. The first kappa shape index (κ1) is 13.4. The van der Waals surface area contributed by atoms with Crippen molar-refractivity contribution in [1.82, 2.24) is 0 Å². The molecule has 0 saturated heterocycles. The SMILES string of the molecule is COc1ccc(CCCC=O)c(OC)c1OC. The Labute approximate surface area is 101 Å². The van der Waals surface area contributed by atoms with Gasteiger partial charge in [-0.25, -0.2) is 0 Å². The molecule has 0 aliphatic rings. The lowest BCUT2D eigenvalue weighted by molar-refractivity contribution is -0.107. The van der Waals surface area contributed by atoms with Crippen molar-refractivity contribution in [3.05, 3.63) is 17.7 Å². The van der Waals surface area contributed by atoms with Crippen molar-refractivity contribution < 1.29 is 19.0 Å². The molecule has 0 N–H and O–H groups in total. The van der Waals surface area contributed by atoms with E-state index in [0.29, 0.717) is 23.7 Å². The molecule has 0 amide bonds. The predicted octanol–water partition coefficient (Wildman–Crippen LogP) is 2.23. The van der Waals surface area contributed by atoms with E-state index < -0.39 is 0 Å². The van der Waals surface area contributed by atoms with E-state index in [9.17, 15) is 4.79 Å². The van der Waals surface area contributed by atoms with Crippen molar-refractivity contribution in [3.8, 4) is 17.2 Å². The summed E-state index contributed by atoms with van der Waals surface area (Å²) in [6, 6.07) is 3.78. The molecule has 17 heavy (non-hydrogen) atoms. The van der Waals surface area contributed by atoms with Gasteiger partial charge in [0.2, 0.25) is 5.75 Å². The number of carbonyl (C=O) groups excluding carboxylic acids is 1. The molecular formula is C13H18O4. The molecule has 94 valence electrons. The van der Waals surface area contributed by atoms with Crippen LogP contribution in [0, 0.1) is 0 Å². The highest BCUT2D eigenvalue weighted by molar-refractivity contribution is 5.56. The molecule has 0 atom stereocenters. The fourth-order valence-corrected chi connectivity index (χ4v) is 1.74. The van der Waals surface area contributed by atoms with E-state index in [1.165, 1.54) is 0 Å². The second-order valence-corrected chi connectivity index (χ2v) is 3.55. The third kappa shape index (κ3) is 3.12. The van der Waals surface area contributed by atoms with Gasteiger partial charge in [-0.05, 0) is 24.5 Å². The highest BCUT2D eigenvalue weighted by Crippen LogP contribution is 2.40. The minimum Gasteiger partial charge on any atom is -0.493 e. The highest BCUT2D eigenvalue weighted by atomic mass is 16.5. The fourth-order valence-electron chi connectivity index (χ4n) is 1.74. The van der Waals surface area contributed by atoms with Crippen LogP contribution >= 0.6 is 0 Å². The molecule has 0 aliphatic carbocycles. The average Bonchev–Trinajstić information content (AvgIpc) is 2.38. The lowest BCUT2D eigenvalue weighted by Crippen LogP contribution is -1.99. The lowest BCUT2D eigenvalue weighted by Gasteiger charge is -2.15. The van der Waals surface area contributed by atoms with Gasteiger partial charge in [0, 0.05) is 6.42 Å². The molecule has 0 saturated carbocycles. The normalized spacial score (nSPS) is 9.82. The maximum atomic E-state index is 10.3.